The second kappa shape index (κ2) is 6.13. The summed E-state index contributed by atoms with van der Waals surface area (Å²) in [5.41, 5.74) is 5.79. The molecule has 7 nitrogen and oxygen atoms in total. The summed E-state index contributed by atoms with van der Waals surface area (Å²) in [5, 5.41) is 10.3. The molecule has 4 rings (SSSR count). The zero-order valence-electron chi connectivity index (χ0n) is 12.8. The smallest absolute Gasteiger partial charge is 0.139 e. The van der Waals surface area contributed by atoms with Gasteiger partial charge in [0.15, 0.2) is 0 Å². The zero-order valence-corrected chi connectivity index (χ0v) is 12.8. The summed E-state index contributed by atoms with van der Waals surface area (Å²) < 4.78 is 0. The van der Waals surface area contributed by atoms with Crippen molar-refractivity contribution >= 4 is 27.9 Å². The summed E-state index contributed by atoms with van der Waals surface area (Å²) in [5.74, 6) is 1.22. The first-order chi connectivity index (χ1) is 11.8. The van der Waals surface area contributed by atoms with Crippen LogP contribution in [0.15, 0.2) is 53.8 Å². The van der Waals surface area contributed by atoms with E-state index in [2.05, 4.69) is 30.4 Å². The highest BCUT2D eigenvalue weighted by molar-refractivity contribution is 6.00. The van der Waals surface area contributed by atoms with Crippen molar-refractivity contribution in [2.45, 2.75) is 13.0 Å². The van der Waals surface area contributed by atoms with Crippen LogP contribution in [0.2, 0.25) is 0 Å². The third kappa shape index (κ3) is 2.72. The van der Waals surface area contributed by atoms with Crippen molar-refractivity contribution in [3.63, 3.8) is 0 Å². The van der Waals surface area contributed by atoms with Crippen LogP contribution in [0.25, 0.3) is 22.1 Å². The lowest BCUT2D eigenvalue weighted by atomic mass is 10.1. The number of benzene rings is 1. The molecule has 24 heavy (non-hydrogen) atoms. The highest BCUT2D eigenvalue weighted by Gasteiger charge is 2.08. The maximum absolute atomic E-state index is 9.29. The Kier molecular flexibility index (Phi) is 3.68. The lowest BCUT2D eigenvalue weighted by Gasteiger charge is -2.04. The number of hydroxylamine groups is 1. The summed E-state index contributed by atoms with van der Waals surface area (Å²) in [7, 11) is 0. The minimum Gasteiger partial charge on any atom is -0.346 e. The molecular weight excluding hydrogens is 304 g/mol. The van der Waals surface area contributed by atoms with Gasteiger partial charge in [-0.05, 0) is 11.6 Å². The van der Waals surface area contributed by atoms with Crippen LogP contribution in [0.1, 0.15) is 11.4 Å². The molecule has 0 aliphatic carbocycles. The number of nitrogens with one attached hydrogen (secondary N) is 3. The Balaban J connectivity index is 1.58. The molecule has 1 aromatic carbocycles. The van der Waals surface area contributed by atoms with Gasteiger partial charge in [0.2, 0.25) is 0 Å². The Bertz CT molecular complexity index is 1000. The Morgan fingerprint density at radius 1 is 1.21 bits per heavy atom. The van der Waals surface area contributed by atoms with Crippen LogP contribution in [0, 0.1) is 0 Å². The minimum absolute atomic E-state index is 0.344. The number of hydrogen-bond donors (Lipinski definition) is 4. The summed E-state index contributed by atoms with van der Waals surface area (Å²) in [6.45, 7) is 0.344. The van der Waals surface area contributed by atoms with Crippen LogP contribution in [0.5, 0.6) is 0 Å². The van der Waals surface area contributed by atoms with E-state index in [1.54, 1.807) is 6.20 Å². The van der Waals surface area contributed by atoms with E-state index in [-0.39, 0.29) is 0 Å². The van der Waals surface area contributed by atoms with Crippen LogP contribution in [-0.2, 0) is 13.0 Å². The van der Waals surface area contributed by atoms with Gasteiger partial charge in [-0.15, -0.1) is 0 Å². The normalized spacial score (nSPS) is 12.1. The molecule has 120 valence electrons. The average molecular weight is 320 g/mol. The predicted octanol–water partition coefficient (Wildman–Crippen LogP) is 2.56. The number of rotatable bonds is 4. The molecule has 3 heterocycles. The number of aliphatic imine (C=N–C) groups is 1. The van der Waals surface area contributed by atoms with E-state index in [4.69, 9.17) is 0 Å². The quantitative estimate of drug-likeness (QED) is 0.264. The molecule has 4 N–H and O–H groups in total. The summed E-state index contributed by atoms with van der Waals surface area (Å²) >= 11 is 0. The molecule has 0 bridgehead atoms. The first-order valence-corrected chi connectivity index (χ1v) is 7.61. The summed E-state index contributed by atoms with van der Waals surface area (Å²) in [6.07, 6.45) is 4.13. The van der Waals surface area contributed by atoms with Crippen molar-refractivity contribution in [3.05, 3.63) is 60.2 Å². The van der Waals surface area contributed by atoms with Crippen LogP contribution in [0.4, 0.5) is 0 Å². The van der Waals surface area contributed by atoms with Crippen molar-refractivity contribution in [2.24, 2.45) is 4.99 Å². The number of imidazole rings is 1. The van der Waals surface area contributed by atoms with Crippen molar-refractivity contribution in [2.75, 3.05) is 0 Å². The average Bonchev–Trinajstić information content (AvgIpc) is 3.25. The fourth-order valence-electron chi connectivity index (χ4n) is 2.69. The van der Waals surface area contributed by atoms with Gasteiger partial charge < -0.3 is 9.97 Å². The summed E-state index contributed by atoms with van der Waals surface area (Å²) in [6, 6.07) is 11.8. The van der Waals surface area contributed by atoms with Crippen LogP contribution >= 0.6 is 0 Å². The van der Waals surface area contributed by atoms with Gasteiger partial charge in [0.25, 0.3) is 0 Å². The van der Waals surface area contributed by atoms with Gasteiger partial charge in [0.05, 0.1) is 18.3 Å². The van der Waals surface area contributed by atoms with Gasteiger partial charge in [-0.2, -0.15) is 0 Å². The number of amidine groups is 1. The molecule has 0 saturated heterocycles. The van der Waals surface area contributed by atoms with E-state index in [0.717, 1.165) is 33.5 Å². The third-order valence-corrected chi connectivity index (χ3v) is 3.85. The van der Waals surface area contributed by atoms with E-state index in [0.29, 0.717) is 18.8 Å². The van der Waals surface area contributed by atoms with E-state index in [1.165, 1.54) is 0 Å². The van der Waals surface area contributed by atoms with E-state index < -0.39 is 0 Å². The molecule has 7 heteroatoms. The van der Waals surface area contributed by atoms with Crippen LogP contribution in [0.3, 0.4) is 0 Å². The van der Waals surface area contributed by atoms with Gasteiger partial charge in [0.1, 0.15) is 22.8 Å². The second-order valence-corrected chi connectivity index (χ2v) is 5.48. The van der Waals surface area contributed by atoms with Crippen molar-refractivity contribution in [3.8, 4) is 0 Å². The van der Waals surface area contributed by atoms with Gasteiger partial charge in [0, 0.05) is 18.0 Å². The first-order valence-electron chi connectivity index (χ1n) is 7.61. The molecule has 0 atom stereocenters. The highest BCUT2D eigenvalue weighted by atomic mass is 16.5. The van der Waals surface area contributed by atoms with Crippen molar-refractivity contribution in [1.29, 1.82) is 0 Å². The Hall–Kier alpha value is -3.19. The maximum atomic E-state index is 9.29. The predicted molar refractivity (Wildman–Crippen MR) is 92.0 cm³/mol. The van der Waals surface area contributed by atoms with E-state index in [1.807, 2.05) is 42.6 Å². The van der Waals surface area contributed by atoms with E-state index in [9.17, 15) is 5.21 Å². The fourth-order valence-corrected chi connectivity index (χ4v) is 2.69. The lowest BCUT2D eigenvalue weighted by Crippen LogP contribution is -2.21. The van der Waals surface area contributed by atoms with Crippen LogP contribution in [-0.4, -0.2) is 31.0 Å². The number of fused-ring (bicyclic) bond motifs is 3. The fraction of sp³-hybridized carbons (Fsp3) is 0.118. The molecule has 0 spiro atoms. The molecular formula is C17H16N6O. The van der Waals surface area contributed by atoms with Gasteiger partial charge >= 0.3 is 0 Å². The molecule has 0 aliphatic rings. The molecule has 0 unspecified atom stereocenters. The molecule has 0 radical (unpaired) electrons. The topological polar surface area (TPSA) is 102 Å². The third-order valence-electron chi connectivity index (χ3n) is 3.85. The number of hydrogen-bond acceptors (Lipinski definition) is 4. The second-order valence-electron chi connectivity index (χ2n) is 5.48. The molecule has 0 amide bonds. The standard InChI is InChI=1S/C17H16N6O/c24-23-14(8-11-4-2-1-3-5-11)19-10-15-21-13-9-20-17-12(6-7-18-17)16(13)22-15/h1-7,9,24H,8,10H2,(H,18,20)(H,19,23)(H,21,22). The molecule has 0 saturated carbocycles. The Labute approximate surface area is 137 Å². The number of aromatic nitrogens is 4. The number of H-pyrrole nitrogens is 2. The summed E-state index contributed by atoms with van der Waals surface area (Å²) in [4.78, 5) is 19.6. The number of aromatic amines is 2. The maximum Gasteiger partial charge on any atom is 0.139 e. The highest BCUT2D eigenvalue weighted by Crippen LogP contribution is 2.20. The SMILES string of the molecule is ONC(Cc1ccccc1)=NCc1nc2c(cnc3[nH]ccc32)[nH]1. The Morgan fingerprint density at radius 3 is 2.92 bits per heavy atom. The lowest BCUT2D eigenvalue weighted by molar-refractivity contribution is 0.232. The van der Waals surface area contributed by atoms with Gasteiger partial charge in [-0.25, -0.2) is 9.97 Å². The monoisotopic (exact) mass is 320 g/mol. The van der Waals surface area contributed by atoms with Crippen molar-refractivity contribution < 1.29 is 5.21 Å². The number of pyridine rings is 1. The van der Waals surface area contributed by atoms with Crippen molar-refractivity contribution in [1.82, 2.24) is 25.4 Å². The molecule has 0 fully saturated rings. The molecule has 0 aliphatic heterocycles. The van der Waals surface area contributed by atoms with E-state index >= 15 is 0 Å². The van der Waals surface area contributed by atoms with Crippen LogP contribution < -0.4 is 5.48 Å². The zero-order chi connectivity index (χ0) is 16.4. The van der Waals surface area contributed by atoms with Gasteiger partial charge in [-0.1, -0.05) is 30.3 Å². The molecule has 3 aromatic heterocycles. The molecule has 4 aromatic rings. The largest absolute Gasteiger partial charge is 0.346 e. The minimum atomic E-state index is 0.344. The van der Waals surface area contributed by atoms with Gasteiger partial charge in [-0.3, -0.25) is 15.7 Å². The first kappa shape index (κ1) is 14.4. The Morgan fingerprint density at radius 2 is 2.08 bits per heavy atom. The number of nitrogens with zero attached hydrogens (tertiary/aromatic N) is 3.